The molecule has 2 aromatic rings. The Morgan fingerprint density at radius 2 is 0.922 bits per heavy atom. The normalized spacial score (nSPS) is 9.22. The van der Waals surface area contributed by atoms with Gasteiger partial charge in [0.2, 0.25) is 11.8 Å². The van der Waals surface area contributed by atoms with Gasteiger partial charge in [0.1, 0.15) is 51.1 Å². The molecule has 7 N–H and O–H groups in total. The van der Waals surface area contributed by atoms with Gasteiger partial charge in [0.15, 0.2) is 0 Å². The first-order valence-corrected chi connectivity index (χ1v) is 21.3. The molecule has 0 bridgehead atoms. The van der Waals surface area contributed by atoms with Gasteiger partial charge in [-0.3, -0.25) is 19.2 Å². The van der Waals surface area contributed by atoms with E-state index in [2.05, 4.69) is 24.5 Å². The van der Waals surface area contributed by atoms with E-state index in [1.165, 1.54) is 64.0 Å². The number of aliphatic carboxylic acids is 2. The predicted octanol–water partition coefficient (Wildman–Crippen LogP) is -0.0153. The van der Waals surface area contributed by atoms with E-state index in [-0.39, 0.29) is 128 Å². The van der Waals surface area contributed by atoms with Gasteiger partial charge in [-0.1, -0.05) is 100 Å². The molecule has 19 nitrogen and oxygen atoms in total. The van der Waals surface area contributed by atoms with Crippen molar-refractivity contribution in [3.63, 3.8) is 0 Å². The fraction of sp³-hybridized carbons (Fsp3) is 0.561. The number of hydrogen-bond donors (Lipinski definition) is 5. The van der Waals surface area contributed by atoms with Crippen LogP contribution in [0.3, 0.4) is 0 Å². The molecule has 362 valence electrons. The minimum atomic E-state index is -4.53. The number of unbranched alkanes of at least 4 members (excludes halogenated alkanes) is 10. The molecule has 0 aliphatic carbocycles. The maximum absolute atomic E-state index is 11.6. The van der Waals surface area contributed by atoms with E-state index < -0.39 is 43.0 Å². The van der Waals surface area contributed by atoms with Gasteiger partial charge in [0.25, 0.3) is 5.97 Å². The third-order valence-electron chi connectivity index (χ3n) is 6.85. The first kappa shape index (κ1) is 81.2. The van der Waals surface area contributed by atoms with Crippen molar-refractivity contribution in [2.24, 2.45) is 0 Å². The van der Waals surface area contributed by atoms with Crippen molar-refractivity contribution in [3.05, 3.63) is 48.5 Å². The molecule has 2 rings (SSSR count). The summed E-state index contributed by atoms with van der Waals surface area (Å²) in [4.78, 5) is 61.5. The quantitative estimate of drug-likeness (QED) is 0.0274. The zero-order valence-electron chi connectivity index (χ0n) is 36.0. The summed E-state index contributed by atoms with van der Waals surface area (Å²) in [7, 11) is -8.91. The number of carbonyl (C=O) groups is 6. The van der Waals surface area contributed by atoms with E-state index in [1.807, 2.05) is 0 Å². The van der Waals surface area contributed by atoms with Crippen LogP contribution in [-0.4, -0.2) is 95.8 Å². The molecule has 0 heterocycles. The monoisotopic (exact) mass is 974 g/mol. The number of esters is 1. The van der Waals surface area contributed by atoms with Crippen LogP contribution >= 0.6 is 0 Å². The number of phenolic OH excluding ortho intramolecular Hbond substituents is 1. The van der Waals surface area contributed by atoms with Crippen molar-refractivity contribution in [3.8, 4) is 11.5 Å². The van der Waals surface area contributed by atoms with Gasteiger partial charge in [-0.05, 0) is 68.3 Å². The molecule has 0 aliphatic heterocycles. The van der Waals surface area contributed by atoms with Crippen molar-refractivity contribution in [2.45, 2.75) is 150 Å². The standard InChI is InChI=1S/C17H25NO6S.C11H21NO3.C6H6O4S.C2H4O2.C2H4O.3CH4.2Na.H2O/c1-2-3-4-5-6-7-8-16(19)18-13-17(20)24-14-9-11-15(12-10-14)25(21,22)23;1-2-3-4-5-6-7-8-10(13)12-9-11(14)15;7-5-1-3-6(4-2-5)11(8,9)10;1-2(3)4;1-2-3;;;;;;/h9-12H,2-8,13H2,1H3,(H,18,19)(H,21,22,23);2-9H2,1H3,(H,12,13)(H,14,15);1-4,7H,(H,8,9,10);1H3,(H,3,4);2H,1H3;3*1H4;;;1H2/q;;;;;;;;2*+1;/p-2. The Balaban J connectivity index is -0.0000000956. The maximum Gasteiger partial charge on any atom is 1.00 e. The minimum absolute atomic E-state index is 0. The number of carboxylic acids is 2. The number of amides is 2. The number of benzene rings is 2. The maximum atomic E-state index is 11.6. The summed E-state index contributed by atoms with van der Waals surface area (Å²) in [6.07, 6.45) is 14.8. The van der Waals surface area contributed by atoms with Crippen molar-refractivity contribution in [2.75, 3.05) is 13.1 Å². The van der Waals surface area contributed by atoms with Gasteiger partial charge in [0.05, 0.1) is 9.79 Å². The second-order valence-corrected chi connectivity index (χ2v) is 14.8. The first-order valence-electron chi connectivity index (χ1n) is 18.5. The van der Waals surface area contributed by atoms with Gasteiger partial charge in [0, 0.05) is 19.8 Å². The summed E-state index contributed by atoms with van der Waals surface area (Å²) in [5.74, 6) is -2.84. The van der Waals surface area contributed by atoms with E-state index in [9.17, 15) is 45.1 Å². The molecule has 2 aromatic carbocycles. The number of nitrogens with one attached hydrogen (secondary N) is 2. The first-order chi connectivity index (χ1) is 27.1. The van der Waals surface area contributed by atoms with Crippen LogP contribution in [-0.2, 0) is 49.0 Å². The number of aromatic hydroxyl groups is 1. The molecule has 0 spiro atoms. The number of phenols is 1. The fourth-order valence-electron chi connectivity index (χ4n) is 4.11. The van der Waals surface area contributed by atoms with Gasteiger partial charge in [-0.15, -0.1) is 0 Å². The van der Waals surface area contributed by atoms with Crippen LogP contribution in [0.4, 0.5) is 0 Å². The Labute approximate surface area is 425 Å². The van der Waals surface area contributed by atoms with Crippen LogP contribution in [0, 0.1) is 0 Å². The third-order valence-corrected chi connectivity index (χ3v) is 8.55. The molecule has 0 radical (unpaired) electrons. The van der Waals surface area contributed by atoms with E-state index >= 15 is 0 Å². The van der Waals surface area contributed by atoms with Crippen LogP contribution in [0.25, 0.3) is 0 Å². The minimum Gasteiger partial charge on any atom is -0.744 e. The molecule has 0 aromatic heterocycles. The summed E-state index contributed by atoms with van der Waals surface area (Å²) < 4.78 is 68.3. The summed E-state index contributed by atoms with van der Waals surface area (Å²) in [5, 5.41) is 29.3. The molecule has 23 heteroatoms. The number of hydrogen-bond acceptors (Lipinski definition) is 14. The molecule has 0 fully saturated rings. The van der Waals surface area contributed by atoms with Gasteiger partial charge < -0.3 is 50.1 Å². The van der Waals surface area contributed by atoms with Crippen molar-refractivity contribution < 1.29 is 139 Å². The average molecular weight is 975 g/mol. The Kier molecular flexibility index (Phi) is 64.8. The molecule has 0 unspecified atom stereocenters. The van der Waals surface area contributed by atoms with Crippen molar-refractivity contribution in [1.82, 2.24) is 10.6 Å². The fourth-order valence-corrected chi connectivity index (χ4v) is 5.05. The summed E-state index contributed by atoms with van der Waals surface area (Å²) in [5.41, 5.74) is 0. The van der Waals surface area contributed by atoms with Crippen LogP contribution in [0.15, 0.2) is 58.3 Å². The molecule has 0 aliphatic rings. The Morgan fingerprint density at radius 1 is 0.625 bits per heavy atom. The molecule has 64 heavy (non-hydrogen) atoms. The van der Waals surface area contributed by atoms with Crippen LogP contribution in [0.5, 0.6) is 11.5 Å². The Morgan fingerprint density at radius 3 is 1.23 bits per heavy atom. The topological polar surface area (TPSA) is 342 Å². The van der Waals surface area contributed by atoms with E-state index in [0.717, 1.165) is 81.7 Å². The number of carbonyl (C=O) groups excluding carboxylic acids is 4. The van der Waals surface area contributed by atoms with E-state index in [4.69, 9.17) is 29.6 Å². The van der Waals surface area contributed by atoms with Crippen LogP contribution in [0.1, 0.15) is 140 Å². The predicted molar refractivity (Wildman–Crippen MR) is 235 cm³/mol. The second kappa shape index (κ2) is 51.0. The summed E-state index contributed by atoms with van der Waals surface area (Å²) in [6, 6.07) is 8.93. The molecule has 2 amide bonds. The van der Waals surface area contributed by atoms with Crippen molar-refractivity contribution >= 4 is 56.2 Å². The average Bonchev–Trinajstić information content (AvgIpc) is 3.13. The number of ether oxygens (including phenoxy) is 1. The summed E-state index contributed by atoms with van der Waals surface area (Å²) >= 11 is 0. The molecule has 0 saturated carbocycles. The number of aldehydes is 1. The zero-order valence-corrected chi connectivity index (χ0v) is 41.6. The Hall–Kier alpha value is -2.96. The second-order valence-electron chi connectivity index (χ2n) is 12.1. The molecule has 0 saturated heterocycles. The zero-order chi connectivity index (χ0) is 45.0. The molecular weight excluding hydrogens is 903 g/mol. The summed E-state index contributed by atoms with van der Waals surface area (Å²) in [6.45, 7) is 6.30. The van der Waals surface area contributed by atoms with Crippen LogP contribution in [0.2, 0.25) is 0 Å². The molecular formula is C41H72N2Na2O17S2. The largest absolute Gasteiger partial charge is 1.00 e. The van der Waals surface area contributed by atoms with Gasteiger partial charge >= 0.3 is 71.1 Å². The number of rotatable bonds is 21. The third kappa shape index (κ3) is 57.1. The van der Waals surface area contributed by atoms with Gasteiger partial charge in [-0.25, -0.2) is 21.6 Å². The number of carboxylic acid groups (broad SMARTS) is 2. The molecule has 0 atom stereocenters. The SMILES string of the molecule is C.C.C.CC(=O)O.CC=O.CCCCCCCCC(=O)NCC(=O)O.CCCCCCCCC(=O)NCC(=O)Oc1ccc(S(=O)(=O)[O-])cc1.O.O=S(=O)([O-])c1ccc(O)cc1.[Na+].[Na+]. The van der Waals surface area contributed by atoms with E-state index in [0.29, 0.717) is 12.8 Å². The van der Waals surface area contributed by atoms with Gasteiger partial charge in [-0.2, -0.15) is 0 Å². The van der Waals surface area contributed by atoms with Crippen LogP contribution < -0.4 is 74.5 Å². The van der Waals surface area contributed by atoms with E-state index in [1.54, 1.807) is 0 Å². The van der Waals surface area contributed by atoms with Crippen molar-refractivity contribution in [1.29, 1.82) is 0 Å². The smallest absolute Gasteiger partial charge is 0.744 e. The Bertz CT molecular complexity index is 1690.